The van der Waals surface area contributed by atoms with Crippen molar-refractivity contribution in [1.82, 2.24) is 9.78 Å². The summed E-state index contributed by atoms with van der Waals surface area (Å²) < 4.78 is 1.65. The number of nitrogens with two attached hydrogens (primary N) is 1. The van der Waals surface area contributed by atoms with E-state index in [-0.39, 0.29) is 5.91 Å². The van der Waals surface area contributed by atoms with Gasteiger partial charge < -0.3 is 10.6 Å². The van der Waals surface area contributed by atoms with Crippen LogP contribution in [-0.4, -0.2) is 22.2 Å². The molecule has 0 saturated heterocycles. The Hall–Kier alpha value is -2.30. The molecule has 0 radical (unpaired) electrons. The molecule has 2 N–H and O–H groups in total. The van der Waals surface area contributed by atoms with Crippen molar-refractivity contribution in [3.63, 3.8) is 0 Å². The van der Waals surface area contributed by atoms with Gasteiger partial charge in [0, 0.05) is 25.0 Å². The Bertz CT molecular complexity index is 616. The van der Waals surface area contributed by atoms with E-state index < -0.39 is 0 Å². The molecule has 0 aliphatic rings. The van der Waals surface area contributed by atoms with Crippen LogP contribution in [0, 0.1) is 0 Å². The zero-order valence-electron chi connectivity index (χ0n) is 12.8. The first-order valence-corrected chi connectivity index (χ1v) is 7.27. The summed E-state index contributed by atoms with van der Waals surface area (Å²) in [5.41, 5.74) is 8.80. The molecule has 21 heavy (non-hydrogen) atoms. The standard InChI is InChI=1S/C16H22N4O/c1-4-10-20(14-8-6-12(17)7-9-14)16(21)15-11-13(5-2)18-19(15)3/h6-9,11H,4-5,10,17H2,1-3H3. The fourth-order valence-corrected chi connectivity index (χ4v) is 2.26. The van der Waals surface area contributed by atoms with E-state index in [1.165, 1.54) is 0 Å². The molecule has 2 aromatic rings. The molecular formula is C16H22N4O. The summed E-state index contributed by atoms with van der Waals surface area (Å²) in [5.74, 6) is -0.0312. The van der Waals surface area contributed by atoms with Gasteiger partial charge in [0.2, 0.25) is 0 Å². The molecule has 0 spiro atoms. The number of aromatic nitrogens is 2. The van der Waals surface area contributed by atoms with Gasteiger partial charge in [-0.3, -0.25) is 9.48 Å². The van der Waals surface area contributed by atoms with Gasteiger partial charge in [-0.05, 0) is 43.2 Å². The monoisotopic (exact) mass is 286 g/mol. The number of benzene rings is 1. The third kappa shape index (κ3) is 3.24. The summed E-state index contributed by atoms with van der Waals surface area (Å²) in [4.78, 5) is 14.6. The Morgan fingerprint density at radius 1 is 1.29 bits per heavy atom. The molecular weight excluding hydrogens is 264 g/mol. The van der Waals surface area contributed by atoms with E-state index in [0.29, 0.717) is 17.9 Å². The van der Waals surface area contributed by atoms with Gasteiger partial charge in [0.25, 0.3) is 5.91 Å². The summed E-state index contributed by atoms with van der Waals surface area (Å²) in [5, 5.41) is 4.35. The van der Waals surface area contributed by atoms with Crippen LogP contribution in [0.15, 0.2) is 30.3 Å². The van der Waals surface area contributed by atoms with Gasteiger partial charge >= 0.3 is 0 Å². The summed E-state index contributed by atoms with van der Waals surface area (Å²) >= 11 is 0. The number of carbonyl (C=O) groups excluding carboxylic acids is 1. The predicted octanol–water partition coefficient (Wildman–Crippen LogP) is 2.62. The van der Waals surface area contributed by atoms with Crippen molar-refractivity contribution in [2.75, 3.05) is 17.2 Å². The van der Waals surface area contributed by atoms with E-state index in [0.717, 1.165) is 24.2 Å². The Morgan fingerprint density at radius 3 is 2.48 bits per heavy atom. The van der Waals surface area contributed by atoms with Gasteiger partial charge in [-0.15, -0.1) is 0 Å². The van der Waals surface area contributed by atoms with Crippen LogP contribution in [0.2, 0.25) is 0 Å². The minimum Gasteiger partial charge on any atom is -0.399 e. The second-order valence-electron chi connectivity index (χ2n) is 5.05. The van der Waals surface area contributed by atoms with Crippen LogP contribution in [0.5, 0.6) is 0 Å². The highest BCUT2D eigenvalue weighted by Crippen LogP contribution is 2.19. The number of carbonyl (C=O) groups is 1. The quantitative estimate of drug-likeness (QED) is 0.859. The van der Waals surface area contributed by atoms with Crippen molar-refractivity contribution in [3.05, 3.63) is 41.7 Å². The number of nitrogen functional groups attached to an aromatic ring is 1. The normalized spacial score (nSPS) is 10.6. The van der Waals surface area contributed by atoms with E-state index in [1.54, 1.807) is 16.6 Å². The molecule has 1 amide bonds. The van der Waals surface area contributed by atoms with Crippen molar-refractivity contribution in [1.29, 1.82) is 0 Å². The van der Waals surface area contributed by atoms with Crippen molar-refractivity contribution < 1.29 is 4.79 Å². The SMILES string of the molecule is CCCN(C(=O)c1cc(CC)nn1C)c1ccc(N)cc1. The lowest BCUT2D eigenvalue weighted by Gasteiger charge is -2.22. The van der Waals surface area contributed by atoms with E-state index in [1.807, 2.05) is 37.3 Å². The van der Waals surface area contributed by atoms with Gasteiger partial charge in [-0.25, -0.2) is 0 Å². The molecule has 1 aromatic carbocycles. The number of amides is 1. The van der Waals surface area contributed by atoms with E-state index in [9.17, 15) is 4.79 Å². The first kappa shape index (κ1) is 15.1. The maximum absolute atomic E-state index is 12.8. The second-order valence-corrected chi connectivity index (χ2v) is 5.05. The van der Waals surface area contributed by atoms with Gasteiger partial charge in [0.15, 0.2) is 0 Å². The molecule has 5 heteroatoms. The van der Waals surface area contributed by atoms with Crippen LogP contribution >= 0.6 is 0 Å². The third-order valence-corrected chi connectivity index (χ3v) is 3.41. The van der Waals surface area contributed by atoms with Crippen LogP contribution in [0.25, 0.3) is 0 Å². The van der Waals surface area contributed by atoms with Crippen molar-refractivity contribution in [2.45, 2.75) is 26.7 Å². The van der Waals surface area contributed by atoms with Gasteiger partial charge in [0.1, 0.15) is 5.69 Å². The molecule has 0 aliphatic carbocycles. The lowest BCUT2D eigenvalue weighted by atomic mass is 10.2. The smallest absolute Gasteiger partial charge is 0.276 e. The average molecular weight is 286 g/mol. The molecule has 0 atom stereocenters. The topological polar surface area (TPSA) is 64.2 Å². The number of aryl methyl sites for hydroxylation is 2. The molecule has 5 nitrogen and oxygen atoms in total. The minimum atomic E-state index is -0.0312. The number of rotatable bonds is 5. The lowest BCUT2D eigenvalue weighted by Crippen LogP contribution is -2.33. The first-order chi connectivity index (χ1) is 10.1. The Balaban J connectivity index is 2.34. The zero-order chi connectivity index (χ0) is 15.4. The summed E-state index contributed by atoms with van der Waals surface area (Å²) in [7, 11) is 1.81. The predicted molar refractivity (Wildman–Crippen MR) is 85.4 cm³/mol. The fraction of sp³-hybridized carbons (Fsp3) is 0.375. The van der Waals surface area contributed by atoms with Gasteiger partial charge in [-0.2, -0.15) is 5.10 Å². The first-order valence-electron chi connectivity index (χ1n) is 7.27. The van der Waals surface area contributed by atoms with Crippen LogP contribution < -0.4 is 10.6 Å². The number of hydrogen-bond acceptors (Lipinski definition) is 3. The number of nitrogens with zero attached hydrogens (tertiary/aromatic N) is 3. The van der Waals surface area contributed by atoms with Crippen molar-refractivity contribution >= 4 is 17.3 Å². The Labute approximate surface area is 125 Å². The Kier molecular flexibility index (Phi) is 4.62. The molecule has 0 unspecified atom stereocenters. The summed E-state index contributed by atoms with van der Waals surface area (Å²) in [6.45, 7) is 4.74. The molecule has 0 bridgehead atoms. The molecule has 1 heterocycles. The van der Waals surface area contributed by atoms with E-state index in [4.69, 9.17) is 5.73 Å². The van der Waals surface area contributed by atoms with Crippen LogP contribution in [0.4, 0.5) is 11.4 Å². The molecule has 112 valence electrons. The summed E-state index contributed by atoms with van der Waals surface area (Å²) in [6.07, 6.45) is 1.70. The molecule has 1 aromatic heterocycles. The molecule has 0 fully saturated rings. The fourth-order valence-electron chi connectivity index (χ4n) is 2.26. The lowest BCUT2D eigenvalue weighted by molar-refractivity contribution is 0.0978. The Morgan fingerprint density at radius 2 is 1.95 bits per heavy atom. The van der Waals surface area contributed by atoms with Gasteiger partial charge in [0.05, 0.1) is 5.69 Å². The maximum Gasteiger partial charge on any atom is 0.276 e. The van der Waals surface area contributed by atoms with E-state index in [2.05, 4.69) is 12.0 Å². The highest BCUT2D eigenvalue weighted by atomic mass is 16.2. The number of hydrogen-bond donors (Lipinski definition) is 1. The molecule has 0 saturated carbocycles. The average Bonchev–Trinajstić information content (AvgIpc) is 2.86. The van der Waals surface area contributed by atoms with Crippen LogP contribution in [0.3, 0.4) is 0 Å². The highest BCUT2D eigenvalue weighted by molar-refractivity contribution is 6.05. The van der Waals surface area contributed by atoms with E-state index >= 15 is 0 Å². The minimum absolute atomic E-state index is 0.0312. The third-order valence-electron chi connectivity index (χ3n) is 3.41. The summed E-state index contributed by atoms with van der Waals surface area (Å²) in [6, 6.07) is 9.24. The number of anilines is 2. The van der Waals surface area contributed by atoms with Crippen molar-refractivity contribution in [3.8, 4) is 0 Å². The molecule has 0 aliphatic heterocycles. The largest absolute Gasteiger partial charge is 0.399 e. The van der Waals surface area contributed by atoms with Crippen LogP contribution in [-0.2, 0) is 13.5 Å². The van der Waals surface area contributed by atoms with Crippen LogP contribution in [0.1, 0.15) is 36.5 Å². The second kappa shape index (κ2) is 6.43. The zero-order valence-corrected chi connectivity index (χ0v) is 12.8. The van der Waals surface area contributed by atoms with Crippen molar-refractivity contribution in [2.24, 2.45) is 7.05 Å². The highest BCUT2D eigenvalue weighted by Gasteiger charge is 2.20. The maximum atomic E-state index is 12.8. The van der Waals surface area contributed by atoms with Gasteiger partial charge in [-0.1, -0.05) is 13.8 Å². The molecule has 2 rings (SSSR count).